The van der Waals surface area contributed by atoms with Crippen LogP contribution in [0.1, 0.15) is 83.9 Å². The van der Waals surface area contributed by atoms with Gasteiger partial charge in [-0.05, 0) is 93.9 Å². The van der Waals surface area contributed by atoms with E-state index in [0.29, 0.717) is 36.0 Å². The maximum atomic E-state index is 13.5. The standard InChI is InChI=1S/C38H38ClN5O4/c1-37(2)27-18-23(6-9-29(27)44-30-5-3-4-28(39)32(30)35(47)41-36(37)44)22-10-14-43(15-11-22)31(45)20-42-16-12-38(13-17-42)21-48-33-25-19-40-34(46)24(25)7-8-26(33)38/h3-9,18,22H,10-17,19-21H2,1-2H3,(H,40,46). The minimum Gasteiger partial charge on any atom is -0.492 e. The van der Waals surface area contributed by atoms with Crippen molar-refractivity contribution in [1.29, 1.82) is 0 Å². The lowest BCUT2D eigenvalue weighted by Gasteiger charge is -2.39. The van der Waals surface area contributed by atoms with Gasteiger partial charge in [-0.25, -0.2) is 0 Å². The zero-order valence-electron chi connectivity index (χ0n) is 27.3. The molecule has 5 aliphatic rings. The van der Waals surface area contributed by atoms with Crippen molar-refractivity contribution in [2.45, 2.75) is 62.8 Å². The van der Waals surface area contributed by atoms with E-state index < -0.39 is 5.41 Å². The third-order valence-electron chi connectivity index (χ3n) is 11.8. The Balaban J connectivity index is 0.853. The number of aromatic nitrogens is 2. The first-order chi connectivity index (χ1) is 23.1. The van der Waals surface area contributed by atoms with E-state index in [1.54, 1.807) is 6.07 Å². The molecule has 0 saturated carbocycles. The predicted molar refractivity (Wildman–Crippen MR) is 183 cm³/mol. The lowest BCUT2D eigenvalue weighted by atomic mass is 9.74. The van der Waals surface area contributed by atoms with Gasteiger partial charge in [-0.15, -0.1) is 0 Å². The lowest BCUT2D eigenvalue weighted by molar-refractivity contribution is -0.133. The Morgan fingerprint density at radius 2 is 1.81 bits per heavy atom. The number of hydrogen-bond acceptors (Lipinski definition) is 6. The van der Waals surface area contributed by atoms with Crippen LogP contribution in [0.25, 0.3) is 16.6 Å². The van der Waals surface area contributed by atoms with Crippen molar-refractivity contribution in [3.63, 3.8) is 0 Å². The van der Waals surface area contributed by atoms with Crippen molar-refractivity contribution in [3.05, 3.63) is 97.5 Å². The molecule has 0 unspecified atom stereocenters. The van der Waals surface area contributed by atoms with Crippen LogP contribution in [-0.2, 0) is 22.2 Å². The second-order valence-electron chi connectivity index (χ2n) is 14.8. The first-order valence-corrected chi connectivity index (χ1v) is 17.5. The first-order valence-electron chi connectivity index (χ1n) is 17.1. The molecule has 0 aliphatic carbocycles. The highest BCUT2D eigenvalue weighted by molar-refractivity contribution is 6.35. The summed E-state index contributed by atoms with van der Waals surface area (Å²) in [5, 5.41) is 3.79. The molecule has 1 N–H and O–H groups in total. The number of hydrogen-bond donors (Lipinski definition) is 1. The molecule has 5 aliphatic heterocycles. The number of rotatable bonds is 3. The van der Waals surface area contributed by atoms with Crippen LogP contribution >= 0.6 is 11.6 Å². The second-order valence-corrected chi connectivity index (χ2v) is 15.2. The molecule has 2 fully saturated rings. The average molecular weight is 664 g/mol. The minimum atomic E-state index is -0.437. The number of ether oxygens (including phenoxy) is 1. The fourth-order valence-corrected chi connectivity index (χ4v) is 9.22. The monoisotopic (exact) mass is 663 g/mol. The number of fused-ring (bicyclic) bond motifs is 9. The summed E-state index contributed by atoms with van der Waals surface area (Å²) in [5.41, 5.74) is 6.46. The highest BCUT2D eigenvalue weighted by Crippen LogP contribution is 2.49. The second kappa shape index (κ2) is 10.6. The third-order valence-corrected chi connectivity index (χ3v) is 12.2. The van der Waals surface area contributed by atoms with Gasteiger partial charge in [0.1, 0.15) is 11.6 Å². The molecule has 10 heteroatoms. The highest BCUT2D eigenvalue weighted by atomic mass is 35.5. The smallest absolute Gasteiger partial charge is 0.282 e. The maximum Gasteiger partial charge on any atom is 0.282 e. The molecule has 9 nitrogen and oxygen atoms in total. The average Bonchev–Trinajstić information content (AvgIpc) is 3.72. The zero-order valence-corrected chi connectivity index (χ0v) is 28.0. The number of nitrogens with one attached hydrogen (secondary N) is 1. The van der Waals surface area contributed by atoms with Gasteiger partial charge < -0.3 is 15.0 Å². The highest BCUT2D eigenvalue weighted by Gasteiger charge is 2.45. The van der Waals surface area contributed by atoms with Gasteiger partial charge >= 0.3 is 0 Å². The molecule has 0 radical (unpaired) electrons. The summed E-state index contributed by atoms with van der Waals surface area (Å²) < 4.78 is 8.30. The Hall–Kier alpha value is -4.21. The van der Waals surface area contributed by atoms with Crippen molar-refractivity contribution in [1.82, 2.24) is 24.7 Å². The van der Waals surface area contributed by atoms with Crippen LogP contribution < -0.4 is 15.6 Å². The molecule has 1 aromatic heterocycles. The molecule has 6 heterocycles. The van der Waals surface area contributed by atoms with Crippen molar-refractivity contribution in [2.75, 3.05) is 39.3 Å². The number of halogens is 1. The Morgan fingerprint density at radius 3 is 2.60 bits per heavy atom. The number of carbonyl (C=O) groups is 2. The van der Waals surface area contributed by atoms with E-state index in [-0.39, 0.29) is 22.8 Å². The summed E-state index contributed by atoms with van der Waals surface area (Å²) in [6.07, 6.45) is 3.73. The van der Waals surface area contributed by atoms with Crippen molar-refractivity contribution in [2.24, 2.45) is 0 Å². The van der Waals surface area contributed by atoms with Crippen molar-refractivity contribution < 1.29 is 14.3 Å². The molecular formula is C38H38ClN5O4. The summed E-state index contributed by atoms with van der Waals surface area (Å²) >= 11 is 6.44. The van der Waals surface area contributed by atoms with Gasteiger partial charge in [0.2, 0.25) is 5.91 Å². The number of piperidine rings is 2. The van der Waals surface area contributed by atoms with E-state index >= 15 is 0 Å². The van der Waals surface area contributed by atoms with E-state index in [2.05, 4.69) is 57.9 Å². The van der Waals surface area contributed by atoms with Crippen LogP contribution in [0.15, 0.2) is 53.3 Å². The fourth-order valence-electron chi connectivity index (χ4n) is 8.97. The maximum absolute atomic E-state index is 13.5. The molecule has 3 aromatic carbocycles. The van der Waals surface area contributed by atoms with Crippen LogP contribution in [0.4, 0.5) is 0 Å². The Morgan fingerprint density at radius 1 is 1.02 bits per heavy atom. The van der Waals surface area contributed by atoms with Crippen LogP contribution in [0.5, 0.6) is 5.75 Å². The summed E-state index contributed by atoms with van der Waals surface area (Å²) in [4.78, 5) is 47.5. The first kappa shape index (κ1) is 29.9. The van der Waals surface area contributed by atoms with E-state index in [0.717, 1.165) is 91.3 Å². The number of likely N-dealkylation sites (tertiary alicyclic amines) is 2. The lowest BCUT2D eigenvalue weighted by Crippen LogP contribution is -2.49. The Bertz CT molecular complexity index is 2110. The molecule has 9 rings (SSSR count). The molecule has 0 atom stereocenters. The van der Waals surface area contributed by atoms with Crippen LogP contribution in [0.3, 0.4) is 0 Å². The predicted octanol–water partition coefficient (Wildman–Crippen LogP) is 5.05. The van der Waals surface area contributed by atoms with Crippen LogP contribution in [0.2, 0.25) is 5.02 Å². The number of benzene rings is 3. The largest absolute Gasteiger partial charge is 0.492 e. The van der Waals surface area contributed by atoms with Gasteiger partial charge in [0.15, 0.2) is 0 Å². The van der Waals surface area contributed by atoms with Crippen LogP contribution in [-0.4, -0.2) is 70.5 Å². The van der Waals surface area contributed by atoms with Crippen LogP contribution in [0, 0.1) is 0 Å². The zero-order chi connectivity index (χ0) is 32.9. The third kappa shape index (κ3) is 4.33. The van der Waals surface area contributed by atoms with Gasteiger partial charge in [0.25, 0.3) is 11.5 Å². The minimum absolute atomic E-state index is 0.0200. The van der Waals surface area contributed by atoms with E-state index in [4.69, 9.17) is 16.3 Å². The molecule has 1 spiro atoms. The Kier molecular flexibility index (Phi) is 6.63. The quantitative estimate of drug-likeness (QED) is 0.330. The SMILES string of the molecule is CC1(C)c2cc(C3CCN(C(=O)CN4CCC5(CC4)COc4c5ccc5c4CNC5=O)CC3)ccc2-n2c1nc(=O)c1c(Cl)cccc12. The van der Waals surface area contributed by atoms with E-state index in [1.807, 2.05) is 23.1 Å². The molecule has 4 aromatic rings. The normalized spacial score (nSPS) is 20.7. The summed E-state index contributed by atoms with van der Waals surface area (Å²) in [6.45, 7) is 9.11. The molecule has 48 heavy (non-hydrogen) atoms. The Labute approximate surface area is 283 Å². The van der Waals surface area contributed by atoms with E-state index in [9.17, 15) is 14.4 Å². The van der Waals surface area contributed by atoms with Gasteiger partial charge in [0.05, 0.1) is 40.2 Å². The van der Waals surface area contributed by atoms with Gasteiger partial charge in [0, 0.05) is 41.7 Å². The fraction of sp³-hybridized carbons (Fsp3) is 0.421. The number of nitrogens with zero attached hydrogens (tertiary/aromatic N) is 4. The number of carbonyl (C=O) groups excluding carboxylic acids is 2. The van der Waals surface area contributed by atoms with E-state index in [1.165, 1.54) is 11.1 Å². The molecular weight excluding hydrogens is 626 g/mol. The molecule has 2 saturated heterocycles. The summed E-state index contributed by atoms with van der Waals surface area (Å²) in [5.74, 6) is 2.19. The summed E-state index contributed by atoms with van der Waals surface area (Å²) in [6, 6.07) is 16.3. The van der Waals surface area contributed by atoms with Crippen molar-refractivity contribution >= 4 is 34.3 Å². The van der Waals surface area contributed by atoms with Gasteiger partial charge in [-0.1, -0.05) is 35.9 Å². The van der Waals surface area contributed by atoms with Crippen molar-refractivity contribution in [3.8, 4) is 11.4 Å². The summed E-state index contributed by atoms with van der Waals surface area (Å²) in [7, 11) is 0. The molecule has 246 valence electrons. The van der Waals surface area contributed by atoms with Gasteiger partial charge in [-0.2, -0.15) is 4.98 Å². The topological polar surface area (TPSA) is 96.8 Å². The molecule has 0 bridgehead atoms. The number of amides is 2. The molecule has 2 amide bonds. The van der Waals surface area contributed by atoms with Gasteiger partial charge in [-0.3, -0.25) is 23.9 Å².